The van der Waals surface area contributed by atoms with Crippen molar-refractivity contribution in [2.75, 3.05) is 13.7 Å². The topological polar surface area (TPSA) is 136 Å². The first-order chi connectivity index (χ1) is 10.8. The average Bonchev–Trinajstić information content (AvgIpc) is 2.49. The minimum atomic E-state index is -4.06. The standard InChI is InChI=1S/C13H18N2O7S/c1-22-10-6-7-11(15(18)19)12(9-10)23(20,21)14-8-4-2-3-5-13(16)17/h6-7,9,14H,2-5,8H2,1H3,(H,16,17). The largest absolute Gasteiger partial charge is 0.497 e. The van der Waals surface area contributed by atoms with Crippen LogP contribution in [0.1, 0.15) is 25.7 Å². The zero-order valence-corrected chi connectivity index (χ0v) is 13.3. The van der Waals surface area contributed by atoms with Crippen molar-refractivity contribution in [3.05, 3.63) is 28.3 Å². The van der Waals surface area contributed by atoms with E-state index in [1.54, 1.807) is 0 Å². The Morgan fingerprint density at radius 1 is 1.35 bits per heavy atom. The van der Waals surface area contributed by atoms with E-state index in [4.69, 9.17) is 9.84 Å². The third-order valence-corrected chi connectivity index (χ3v) is 4.50. The van der Waals surface area contributed by atoms with Crippen LogP contribution in [0.2, 0.25) is 0 Å². The summed E-state index contributed by atoms with van der Waals surface area (Å²) in [6.07, 6.45) is 1.43. The summed E-state index contributed by atoms with van der Waals surface area (Å²) in [5.74, 6) is -0.713. The molecular formula is C13H18N2O7S. The third-order valence-electron chi connectivity index (χ3n) is 3.01. The summed E-state index contributed by atoms with van der Waals surface area (Å²) in [5, 5.41) is 19.5. The quantitative estimate of drug-likeness (QED) is 0.372. The van der Waals surface area contributed by atoms with Gasteiger partial charge in [0, 0.05) is 25.1 Å². The van der Waals surface area contributed by atoms with Crippen LogP contribution in [0.4, 0.5) is 5.69 Å². The minimum Gasteiger partial charge on any atom is -0.497 e. The lowest BCUT2D eigenvalue weighted by atomic mass is 10.2. The maximum absolute atomic E-state index is 12.2. The minimum absolute atomic E-state index is 0.0219. The molecule has 128 valence electrons. The number of aliphatic carboxylic acids is 1. The number of nitrogens with one attached hydrogen (secondary N) is 1. The molecule has 0 aliphatic heterocycles. The molecular weight excluding hydrogens is 328 g/mol. The van der Waals surface area contributed by atoms with Gasteiger partial charge in [0.15, 0.2) is 4.90 Å². The van der Waals surface area contributed by atoms with Gasteiger partial charge in [-0.15, -0.1) is 0 Å². The first-order valence-corrected chi connectivity index (χ1v) is 8.30. The third kappa shape index (κ3) is 5.83. The predicted octanol–water partition coefficient (Wildman–Crippen LogP) is 1.53. The molecule has 1 aromatic carbocycles. The number of benzene rings is 1. The van der Waals surface area contributed by atoms with Gasteiger partial charge < -0.3 is 9.84 Å². The van der Waals surface area contributed by atoms with Crippen LogP contribution in [0, 0.1) is 10.1 Å². The molecule has 2 N–H and O–H groups in total. The van der Waals surface area contributed by atoms with E-state index in [1.165, 1.54) is 13.2 Å². The predicted molar refractivity (Wildman–Crippen MR) is 80.9 cm³/mol. The highest BCUT2D eigenvalue weighted by Crippen LogP contribution is 2.27. The highest BCUT2D eigenvalue weighted by atomic mass is 32.2. The fraction of sp³-hybridized carbons (Fsp3) is 0.462. The van der Waals surface area contributed by atoms with Crippen molar-refractivity contribution in [2.45, 2.75) is 30.6 Å². The fourth-order valence-electron chi connectivity index (χ4n) is 1.85. The van der Waals surface area contributed by atoms with Crippen LogP contribution in [0.3, 0.4) is 0 Å². The van der Waals surface area contributed by atoms with E-state index >= 15 is 0 Å². The fourth-order valence-corrected chi connectivity index (χ4v) is 3.11. The molecule has 0 saturated heterocycles. The molecule has 1 rings (SSSR count). The highest BCUT2D eigenvalue weighted by molar-refractivity contribution is 7.89. The van der Waals surface area contributed by atoms with Crippen LogP contribution in [0.15, 0.2) is 23.1 Å². The number of carboxylic acid groups (broad SMARTS) is 1. The SMILES string of the molecule is COc1ccc([N+](=O)[O-])c(S(=O)(=O)NCCCCCC(=O)O)c1. The number of ether oxygens (including phenoxy) is 1. The van der Waals surface area contributed by atoms with Crippen molar-refractivity contribution in [3.63, 3.8) is 0 Å². The number of methoxy groups -OCH3 is 1. The molecule has 0 radical (unpaired) electrons. The van der Waals surface area contributed by atoms with Crippen LogP contribution in [0.25, 0.3) is 0 Å². The Morgan fingerprint density at radius 3 is 2.61 bits per heavy atom. The summed E-state index contributed by atoms with van der Waals surface area (Å²) >= 11 is 0. The number of hydrogen-bond donors (Lipinski definition) is 2. The van der Waals surface area contributed by atoms with Crippen molar-refractivity contribution in [1.29, 1.82) is 0 Å². The molecule has 0 aliphatic rings. The Balaban J connectivity index is 2.75. The van der Waals surface area contributed by atoms with Gasteiger partial charge in [-0.1, -0.05) is 6.42 Å². The molecule has 0 fully saturated rings. The molecule has 0 heterocycles. The molecule has 0 amide bonds. The molecule has 0 aromatic heterocycles. The van der Waals surface area contributed by atoms with E-state index in [2.05, 4.69) is 4.72 Å². The zero-order valence-electron chi connectivity index (χ0n) is 12.5. The van der Waals surface area contributed by atoms with Gasteiger partial charge >= 0.3 is 5.97 Å². The van der Waals surface area contributed by atoms with Crippen molar-refractivity contribution in [1.82, 2.24) is 4.72 Å². The average molecular weight is 346 g/mol. The second-order valence-corrected chi connectivity index (χ2v) is 6.43. The van der Waals surface area contributed by atoms with Crippen molar-refractivity contribution in [2.24, 2.45) is 0 Å². The van der Waals surface area contributed by atoms with Gasteiger partial charge in [0.2, 0.25) is 10.0 Å². The Morgan fingerprint density at radius 2 is 2.04 bits per heavy atom. The van der Waals surface area contributed by atoms with E-state index in [0.717, 1.165) is 12.1 Å². The van der Waals surface area contributed by atoms with E-state index in [0.29, 0.717) is 19.3 Å². The Hall–Kier alpha value is -2.20. The first-order valence-electron chi connectivity index (χ1n) is 6.82. The Labute approximate surface area is 133 Å². The molecule has 0 aliphatic carbocycles. The number of rotatable bonds is 10. The molecule has 0 atom stereocenters. The maximum atomic E-state index is 12.2. The van der Waals surface area contributed by atoms with Gasteiger partial charge in [-0.05, 0) is 18.9 Å². The number of hydrogen-bond acceptors (Lipinski definition) is 6. The molecule has 0 spiro atoms. The second kappa shape index (κ2) is 8.44. The van der Waals surface area contributed by atoms with Gasteiger partial charge in [0.05, 0.1) is 12.0 Å². The van der Waals surface area contributed by atoms with Gasteiger partial charge in [-0.2, -0.15) is 0 Å². The summed E-state index contributed by atoms with van der Waals surface area (Å²) in [4.78, 5) is 20.1. The van der Waals surface area contributed by atoms with Crippen molar-refractivity contribution < 1.29 is 28.0 Å². The maximum Gasteiger partial charge on any atom is 0.303 e. The lowest BCUT2D eigenvalue weighted by Crippen LogP contribution is -2.25. The number of nitro benzene ring substituents is 1. The van der Waals surface area contributed by atoms with Crippen molar-refractivity contribution >= 4 is 21.7 Å². The second-order valence-electron chi connectivity index (χ2n) is 4.69. The number of carbonyl (C=O) groups is 1. The van der Waals surface area contributed by atoms with Crippen LogP contribution in [-0.2, 0) is 14.8 Å². The zero-order chi connectivity index (χ0) is 17.5. The Kier molecular flexibility index (Phi) is 6.91. The number of unbranched alkanes of at least 4 members (excludes halogenated alkanes) is 2. The van der Waals surface area contributed by atoms with Crippen molar-refractivity contribution in [3.8, 4) is 5.75 Å². The summed E-state index contributed by atoms with van der Waals surface area (Å²) in [7, 11) is -2.73. The van der Waals surface area contributed by atoms with Gasteiger partial charge in [0.1, 0.15) is 5.75 Å². The van der Waals surface area contributed by atoms with Crippen LogP contribution >= 0.6 is 0 Å². The van der Waals surface area contributed by atoms with Gasteiger partial charge in [0.25, 0.3) is 5.69 Å². The number of nitro groups is 1. The molecule has 0 bridgehead atoms. The normalized spacial score (nSPS) is 11.2. The summed E-state index contributed by atoms with van der Waals surface area (Å²) in [5.41, 5.74) is -0.538. The van der Waals surface area contributed by atoms with E-state index < -0.39 is 31.5 Å². The smallest absolute Gasteiger partial charge is 0.303 e. The number of nitrogens with zero attached hydrogens (tertiary/aromatic N) is 1. The lowest BCUT2D eigenvalue weighted by Gasteiger charge is -2.08. The van der Waals surface area contributed by atoms with E-state index in [-0.39, 0.29) is 18.7 Å². The molecule has 10 heteroatoms. The molecule has 0 saturated carbocycles. The molecule has 1 aromatic rings. The summed E-state index contributed by atoms with van der Waals surface area (Å²) in [6, 6.07) is 3.47. The molecule has 23 heavy (non-hydrogen) atoms. The Bertz CT molecular complexity index is 673. The van der Waals surface area contributed by atoms with E-state index in [9.17, 15) is 23.3 Å². The number of sulfonamides is 1. The monoisotopic (exact) mass is 346 g/mol. The van der Waals surface area contributed by atoms with Crippen LogP contribution in [-0.4, -0.2) is 38.1 Å². The summed E-state index contributed by atoms with van der Waals surface area (Å²) in [6.45, 7) is 0.0658. The molecule has 0 unspecified atom stereocenters. The highest BCUT2D eigenvalue weighted by Gasteiger charge is 2.26. The van der Waals surface area contributed by atoms with Crippen LogP contribution < -0.4 is 9.46 Å². The first kappa shape index (κ1) is 18.8. The molecule has 9 nitrogen and oxygen atoms in total. The van der Waals surface area contributed by atoms with E-state index in [1.807, 2.05) is 0 Å². The van der Waals surface area contributed by atoms with Gasteiger partial charge in [-0.3, -0.25) is 14.9 Å². The van der Waals surface area contributed by atoms with Crippen LogP contribution in [0.5, 0.6) is 5.75 Å². The van der Waals surface area contributed by atoms with Gasteiger partial charge in [-0.25, -0.2) is 13.1 Å². The lowest BCUT2D eigenvalue weighted by molar-refractivity contribution is -0.387. The number of carboxylic acids is 1. The summed E-state index contributed by atoms with van der Waals surface area (Å²) < 4.78 is 31.6.